The number of hydrogen-bond acceptors (Lipinski definition) is 2. The lowest BCUT2D eigenvalue weighted by molar-refractivity contribution is 0.0664. The van der Waals surface area contributed by atoms with E-state index in [1.54, 1.807) is 34.1 Å². The zero-order valence-electron chi connectivity index (χ0n) is 12.3. The number of halogens is 1. The van der Waals surface area contributed by atoms with Crippen LogP contribution in [-0.2, 0) is 0 Å². The molecule has 114 valence electrons. The number of benzene rings is 1. The second kappa shape index (κ2) is 6.80. The quantitative estimate of drug-likeness (QED) is 0.910. The van der Waals surface area contributed by atoms with Gasteiger partial charge in [0, 0.05) is 42.8 Å². The van der Waals surface area contributed by atoms with Crippen molar-refractivity contribution in [1.29, 1.82) is 0 Å². The van der Waals surface area contributed by atoms with Crippen molar-refractivity contribution in [3.8, 4) is 0 Å². The Balaban J connectivity index is 1.92. The van der Waals surface area contributed by atoms with E-state index >= 15 is 0 Å². The zero-order chi connectivity index (χ0) is 15.4. The van der Waals surface area contributed by atoms with Crippen molar-refractivity contribution < 1.29 is 9.59 Å². The number of nitrogens with one attached hydrogen (secondary N) is 1. The van der Waals surface area contributed by atoms with E-state index in [0.29, 0.717) is 36.8 Å². The van der Waals surface area contributed by atoms with Gasteiger partial charge in [0.1, 0.15) is 0 Å². The number of urea groups is 1. The molecule has 1 heterocycles. The lowest BCUT2D eigenvalue weighted by Gasteiger charge is -2.35. The van der Waals surface area contributed by atoms with Crippen molar-refractivity contribution in [3.05, 3.63) is 34.9 Å². The molecule has 0 radical (unpaired) electrons. The molecule has 3 amide bonds. The first kappa shape index (κ1) is 15.6. The highest BCUT2D eigenvalue weighted by atomic mass is 35.5. The van der Waals surface area contributed by atoms with Crippen LogP contribution < -0.4 is 5.32 Å². The van der Waals surface area contributed by atoms with Crippen LogP contribution in [0.5, 0.6) is 0 Å². The molecule has 2 rings (SSSR count). The summed E-state index contributed by atoms with van der Waals surface area (Å²) in [5.41, 5.74) is 0.586. The molecule has 6 heteroatoms. The fraction of sp³-hybridized carbons (Fsp3) is 0.467. The van der Waals surface area contributed by atoms with Gasteiger partial charge in [0.05, 0.1) is 0 Å². The second-order valence-corrected chi connectivity index (χ2v) is 5.83. The molecule has 0 bridgehead atoms. The van der Waals surface area contributed by atoms with Crippen molar-refractivity contribution in [1.82, 2.24) is 15.1 Å². The highest BCUT2D eigenvalue weighted by Gasteiger charge is 2.25. The fourth-order valence-electron chi connectivity index (χ4n) is 2.25. The van der Waals surface area contributed by atoms with Crippen LogP contribution in [-0.4, -0.2) is 54.0 Å². The third kappa shape index (κ3) is 4.11. The van der Waals surface area contributed by atoms with E-state index < -0.39 is 0 Å². The predicted molar refractivity (Wildman–Crippen MR) is 82.6 cm³/mol. The van der Waals surface area contributed by atoms with Crippen molar-refractivity contribution in [3.63, 3.8) is 0 Å². The van der Waals surface area contributed by atoms with Crippen LogP contribution in [0.15, 0.2) is 24.3 Å². The summed E-state index contributed by atoms with van der Waals surface area (Å²) >= 11 is 5.91. The molecular formula is C15H20ClN3O2. The molecule has 0 unspecified atom stereocenters. The van der Waals surface area contributed by atoms with E-state index in [0.717, 1.165) is 0 Å². The average molecular weight is 310 g/mol. The van der Waals surface area contributed by atoms with Crippen LogP contribution in [0.1, 0.15) is 24.2 Å². The van der Waals surface area contributed by atoms with Gasteiger partial charge >= 0.3 is 6.03 Å². The van der Waals surface area contributed by atoms with Crippen molar-refractivity contribution in [2.24, 2.45) is 0 Å². The molecule has 0 atom stereocenters. The molecule has 1 aliphatic rings. The van der Waals surface area contributed by atoms with Gasteiger partial charge < -0.3 is 15.1 Å². The smallest absolute Gasteiger partial charge is 0.317 e. The Morgan fingerprint density at radius 3 is 2.33 bits per heavy atom. The van der Waals surface area contributed by atoms with Crippen LogP contribution in [0, 0.1) is 0 Å². The Morgan fingerprint density at radius 1 is 1.14 bits per heavy atom. The van der Waals surface area contributed by atoms with Gasteiger partial charge in [0.15, 0.2) is 0 Å². The molecular weight excluding hydrogens is 290 g/mol. The Hall–Kier alpha value is -1.75. The van der Waals surface area contributed by atoms with Crippen LogP contribution in [0.2, 0.25) is 5.02 Å². The summed E-state index contributed by atoms with van der Waals surface area (Å²) in [5, 5.41) is 3.41. The molecule has 1 aliphatic heterocycles. The Kier molecular flexibility index (Phi) is 5.07. The molecule has 21 heavy (non-hydrogen) atoms. The normalized spacial score (nSPS) is 15.2. The van der Waals surface area contributed by atoms with Crippen molar-refractivity contribution in [2.45, 2.75) is 19.9 Å². The molecule has 1 aromatic carbocycles. The Bertz CT molecular complexity index is 525. The number of nitrogens with zero attached hydrogens (tertiary/aromatic N) is 2. The Morgan fingerprint density at radius 2 is 1.76 bits per heavy atom. The summed E-state index contributed by atoms with van der Waals surface area (Å²) in [6, 6.07) is 6.98. The number of carbonyl (C=O) groups excluding carboxylic acids is 2. The SMILES string of the molecule is CC(C)NC(=O)N1CCN(C(=O)c2cccc(Cl)c2)CC1. The maximum Gasteiger partial charge on any atom is 0.317 e. The van der Waals surface area contributed by atoms with Crippen molar-refractivity contribution >= 4 is 23.5 Å². The maximum absolute atomic E-state index is 12.4. The van der Waals surface area contributed by atoms with E-state index in [1.807, 2.05) is 13.8 Å². The molecule has 0 spiro atoms. The van der Waals surface area contributed by atoms with Crippen molar-refractivity contribution in [2.75, 3.05) is 26.2 Å². The topological polar surface area (TPSA) is 52.7 Å². The summed E-state index contributed by atoms with van der Waals surface area (Å²) in [6.45, 7) is 6.02. The van der Waals surface area contributed by atoms with E-state index in [-0.39, 0.29) is 18.0 Å². The molecule has 1 fully saturated rings. The lowest BCUT2D eigenvalue weighted by Crippen LogP contribution is -2.54. The first-order valence-electron chi connectivity index (χ1n) is 7.07. The third-order valence-electron chi connectivity index (χ3n) is 3.34. The van der Waals surface area contributed by atoms with E-state index in [9.17, 15) is 9.59 Å². The number of carbonyl (C=O) groups is 2. The minimum absolute atomic E-state index is 0.0404. The van der Waals surface area contributed by atoms with Crippen LogP contribution in [0.3, 0.4) is 0 Å². The minimum atomic E-state index is -0.0696. The molecule has 0 aromatic heterocycles. The number of piperazine rings is 1. The summed E-state index contributed by atoms with van der Waals surface area (Å²) < 4.78 is 0. The fourth-order valence-corrected chi connectivity index (χ4v) is 2.45. The molecule has 0 aliphatic carbocycles. The van der Waals surface area contributed by atoms with Gasteiger partial charge in [0.2, 0.25) is 0 Å². The molecule has 5 nitrogen and oxygen atoms in total. The van der Waals surface area contributed by atoms with Crippen LogP contribution >= 0.6 is 11.6 Å². The van der Waals surface area contributed by atoms with Gasteiger partial charge in [-0.3, -0.25) is 4.79 Å². The lowest BCUT2D eigenvalue weighted by atomic mass is 10.2. The van der Waals surface area contributed by atoms with E-state index in [2.05, 4.69) is 5.32 Å². The monoisotopic (exact) mass is 309 g/mol. The molecule has 1 aromatic rings. The number of amides is 3. The predicted octanol–water partition coefficient (Wildman–Crippen LogP) is 2.22. The van der Waals surface area contributed by atoms with Gasteiger partial charge in [-0.1, -0.05) is 17.7 Å². The molecule has 0 saturated carbocycles. The first-order chi connectivity index (χ1) is 9.97. The Labute approximate surface area is 129 Å². The summed E-state index contributed by atoms with van der Waals surface area (Å²) in [5.74, 6) is -0.0404. The highest BCUT2D eigenvalue weighted by Crippen LogP contribution is 2.14. The van der Waals surface area contributed by atoms with Gasteiger partial charge in [-0.15, -0.1) is 0 Å². The summed E-state index contributed by atoms with van der Waals surface area (Å²) in [6.07, 6.45) is 0. The second-order valence-electron chi connectivity index (χ2n) is 5.39. The van der Waals surface area contributed by atoms with E-state index in [4.69, 9.17) is 11.6 Å². The van der Waals surface area contributed by atoms with Crippen LogP contribution in [0.25, 0.3) is 0 Å². The van der Waals surface area contributed by atoms with Crippen LogP contribution in [0.4, 0.5) is 4.79 Å². The average Bonchev–Trinajstić information content (AvgIpc) is 2.46. The number of rotatable bonds is 2. The van der Waals surface area contributed by atoms with Gasteiger partial charge in [-0.2, -0.15) is 0 Å². The standard InChI is InChI=1S/C15H20ClN3O2/c1-11(2)17-15(21)19-8-6-18(7-9-19)14(20)12-4-3-5-13(16)10-12/h3-5,10-11H,6-9H2,1-2H3,(H,17,21). The molecule has 1 N–H and O–H groups in total. The van der Waals surface area contributed by atoms with Gasteiger partial charge in [-0.05, 0) is 32.0 Å². The highest BCUT2D eigenvalue weighted by molar-refractivity contribution is 6.30. The first-order valence-corrected chi connectivity index (χ1v) is 7.45. The van der Waals surface area contributed by atoms with E-state index in [1.165, 1.54) is 0 Å². The largest absolute Gasteiger partial charge is 0.336 e. The zero-order valence-corrected chi connectivity index (χ0v) is 13.1. The minimum Gasteiger partial charge on any atom is -0.336 e. The molecule has 1 saturated heterocycles. The maximum atomic E-state index is 12.4. The number of hydrogen-bond donors (Lipinski definition) is 1. The summed E-state index contributed by atoms with van der Waals surface area (Å²) in [4.78, 5) is 27.7. The van der Waals surface area contributed by atoms with Gasteiger partial charge in [0.25, 0.3) is 5.91 Å². The van der Waals surface area contributed by atoms with Gasteiger partial charge in [-0.25, -0.2) is 4.79 Å². The third-order valence-corrected chi connectivity index (χ3v) is 3.57. The summed E-state index contributed by atoms with van der Waals surface area (Å²) in [7, 11) is 0.